The molecule has 3 rings (SSSR count). The number of morpholine rings is 1. The first-order chi connectivity index (χ1) is 10.6. The molecule has 3 heterocycles. The fraction of sp³-hybridized carbons (Fsp3) is 0.533. The SMILES string of the molecule is CC(C)c1nnc([C@@H]2CN(C(=O)Cc3ccoc3)CCO2)o1. The molecule has 1 amide bonds. The molecule has 0 N–H and O–H groups in total. The molecule has 0 aliphatic carbocycles. The number of hydrogen-bond acceptors (Lipinski definition) is 6. The maximum atomic E-state index is 12.3. The second-order valence-electron chi connectivity index (χ2n) is 5.64. The summed E-state index contributed by atoms with van der Waals surface area (Å²) in [5, 5.41) is 8.05. The van der Waals surface area contributed by atoms with Crippen molar-refractivity contribution in [2.75, 3.05) is 19.7 Å². The number of ether oxygens (including phenoxy) is 1. The van der Waals surface area contributed by atoms with E-state index in [1.165, 1.54) is 0 Å². The minimum atomic E-state index is -0.359. The van der Waals surface area contributed by atoms with Crippen LogP contribution in [0.3, 0.4) is 0 Å². The van der Waals surface area contributed by atoms with E-state index in [-0.39, 0.29) is 17.9 Å². The highest BCUT2D eigenvalue weighted by molar-refractivity contribution is 5.78. The summed E-state index contributed by atoms with van der Waals surface area (Å²) in [6.45, 7) is 5.43. The normalized spacial score (nSPS) is 18.9. The average molecular weight is 305 g/mol. The van der Waals surface area contributed by atoms with Crippen molar-refractivity contribution >= 4 is 5.91 Å². The fourth-order valence-electron chi connectivity index (χ4n) is 2.31. The summed E-state index contributed by atoms with van der Waals surface area (Å²) in [4.78, 5) is 14.1. The van der Waals surface area contributed by atoms with E-state index < -0.39 is 0 Å². The lowest BCUT2D eigenvalue weighted by molar-refractivity contribution is -0.139. The molecule has 1 saturated heterocycles. The number of aromatic nitrogens is 2. The number of carbonyl (C=O) groups excluding carboxylic acids is 1. The lowest BCUT2D eigenvalue weighted by Gasteiger charge is -2.31. The zero-order valence-electron chi connectivity index (χ0n) is 12.7. The highest BCUT2D eigenvalue weighted by Crippen LogP contribution is 2.23. The van der Waals surface area contributed by atoms with E-state index in [1.807, 2.05) is 13.8 Å². The van der Waals surface area contributed by atoms with Gasteiger partial charge in [0.25, 0.3) is 0 Å². The highest BCUT2D eigenvalue weighted by Gasteiger charge is 2.29. The molecule has 0 aromatic carbocycles. The highest BCUT2D eigenvalue weighted by atomic mass is 16.5. The van der Waals surface area contributed by atoms with Gasteiger partial charge in [0.1, 0.15) is 0 Å². The Hall–Kier alpha value is -2.15. The lowest BCUT2D eigenvalue weighted by atomic mass is 10.2. The van der Waals surface area contributed by atoms with Crippen molar-refractivity contribution in [1.29, 1.82) is 0 Å². The Kier molecular flexibility index (Phi) is 4.24. The van der Waals surface area contributed by atoms with E-state index in [4.69, 9.17) is 13.6 Å². The van der Waals surface area contributed by atoms with Gasteiger partial charge >= 0.3 is 0 Å². The topological polar surface area (TPSA) is 81.6 Å². The largest absolute Gasteiger partial charge is 0.472 e. The molecule has 0 unspecified atom stereocenters. The van der Waals surface area contributed by atoms with E-state index in [9.17, 15) is 4.79 Å². The summed E-state index contributed by atoms with van der Waals surface area (Å²) in [5.74, 6) is 1.23. The first-order valence-corrected chi connectivity index (χ1v) is 7.37. The zero-order valence-corrected chi connectivity index (χ0v) is 12.7. The Morgan fingerprint density at radius 2 is 2.32 bits per heavy atom. The molecule has 0 bridgehead atoms. The molecule has 1 aliphatic heterocycles. The molecule has 22 heavy (non-hydrogen) atoms. The van der Waals surface area contributed by atoms with Crippen LogP contribution >= 0.6 is 0 Å². The van der Waals surface area contributed by atoms with Crippen molar-refractivity contribution in [3.05, 3.63) is 35.9 Å². The van der Waals surface area contributed by atoms with Crippen LogP contribution in [0.5, 0.6) is 0 Å². The van der Waals surface area contributed by atoms with Crippen molar-refractivity contribution in [2.24, 2.45) is 0 Å². The molecule has 7 nitrogen and oxygen atoms in total. The number of carbonyl (C=O) groups is 1. The lowest BCUT2D eigenvalue weighted by Crippen LogP contribution is -2.43. The Morgan fingerprint density at radius 3 is 3.00 bits per heavy atom. The second kappa shape index (κ2) is 6.31. The van der Waals surface area contributed by atoms with Crippen molar-refractivity contribution < 1.29 is 18.4 Å². The predicted molar refractivity (Wildman–Crippen MR) is 76.1 cm³/mol. The van der Waals surface area contributed by atoms with Crippen LogP contribution < -0.4 is 0 Å². The van der Waals surface area contributed by atoms with E-state index in [2.05, 4.69) is 10.2 Å². The Bertz CT molecular complexity index is 621. The van der Waals surface area contributed by atoms with Crippen LogP contribution in [0.4, 0.5) is 0 Å². The molecule has 7 heteroatoms. The number of amides is 1. The molecule has 1 fully saturated rings. The Morgan fingerprint density at radius 1 is 1.45 bits per heavy atom. The van der Waals surface area contributed by atoms with Crippen LogP contribution in [0.15, 0.2) is 27.4 Å². The maximum absolute atomic E-state index is 12.3. The van der Waals surface area contributed by atoms with Crippen molar-refractivity contribution in [3.8, 4) is 0 Å². The van der Waals surface area contributed by atoms with Crippen LogP contribution in [0.1, 0.15) is 43.2 Å². The molecule has 118 valence electrons. The molecule has 0 radical (unpaired) electrons. The predicted octanol–water partition coefficient (Wildman–Crippen LogP) is 1.93. The quantitative estimate of drug-likeness (QED) is 0.858. The van der Waals surface area contributed by atoms with Gasteiger partial charge in [-0.15, -0.1) is 10.2 Å². The van der Waals surface area contributed by atoms with Crippen LogP contribution in [0.2, 0.25) is 0 Å². The van der Waals surface area contributed by atoms with Crippen molar-refractivity contribution in [3.63, 3.8) is 0 Å². The van der Waals surface area contributed by atoms with Crippen molar-refractivity contribution in [1.82, 2.24) is 15.1 Å². The van der Waals surface area contributed by atoms with E-state index in [1.54, 1.807) is 23.5 Å². The van der Waals surface area contributed by atoms with Gasteiger partial charge < -0.3 is 18.5 Å². The maximum Gasteiger partial charge on any atom is 0.247 e. The first kappa shape index (κ1) is 14.8. The fourth-order valence-corrected chi connectivity index (χ4v) is 2.31. The van der Waals surface area contributed by atoms with Gasteiger partial charge in [-0.3, -0.25) is 4.79 Å². The molecule has 2 aromatic rings. The number of nitrogens with zero attached hydrogens (tertiary/aromatic N) is 3. The number of hydrogen-bond donors (Lipinski definition) is 0. The van der Waals surface area contributed by atoms with Gasteiger partial charge in [-0.2, -0.15) is 0 Å². The monoisotopic (exact) mass is 305 g/mol. The Labute approximate surface area is 128 Å². The van der Waals surface area contributed by atoms with Crippen LogP contribution in [-0.4, -0.2) is 40.7 Å². The summed E-state index contributed by atoms with van der Waals surface area (Å²) in [7, 11) is 0. The van der Waals surface area contributed by atoms with Gasteiger partial charge in [-0.05, 0) is 11.6 Å². The minimum Gasteiger partial charge on any atom is -0.472 e. The van der Waals surface area contributed by atoms with Gasteiger partial charge in [0, 0.05) is 12.5 Å². The summed E-state index contributed by atoms with van der Waals surface area (Å²) < 4.78 is 16.3. The van der Waals surface area contributed by atoms with Gasteiger partial charge in [0.05, 0.1) is 32.1 Å². The van der Waals surface area contributed by atoms with E-state index in [0.717, 1.165) is 5.56 Å². The van der Waals surface area contributed by atoms with Crippen LogP contribution in [0.25, 0.3) is 0 Å². The second-order valence-corrected chi connectivity index (χ2v) is 5.64. The van der Waals surface area contributed by atoms with E-state index >= 15 is 0 Å². The van der Waals surface area contributed by atoms with Gasteiger partial charge in [0.2, 0.25) is 17.7 Å². The zero-order chi connectivity index (χ0) is 15.5. The van der Waals surface area contributed by atoms with Crippen molar-refractivity contribution in [2.45, 2.75) is 32.3 Å². The van der Waals surface area contributed by atoms with Crippen LogP contribution in [-0.2, 0) is 16.0 Å². The molecular weight excluding hydrogens is 286 g/mol. The number of furan rings is 1. The summed E-state index contributed by atoms with van der Waals surface area (Å²) in [5.41, 5.74) is 0.868. The van der Waals surface area contributed by atoms with Gasteiger partial charge in [-0.25, -0.2) is 0 Å². The molecule has 2 aromatic heterocycles. The average Bonchev–Trinajstić information content (AvgIpc) is 3.18. The van der Waals surface area contributed by atoms with Gasteiger partial charge in [0.15, 0.2) is 6.10 Å². The third-order valence-corrected chi connectivity index (χ3v) is 3.58. The molecule has 0 spiro atoms. The summed E-state index contributed by atoms with van der Waals surface area (Å²) >= 11 is 0. The summed E-state index contributed by atoms with van der Waals surface area (Å²) in [6.07, 6.45) is 3.12. The first-order valence-electron chi connectivity index (χ1n) is 7.37. The molecule has 0 saturated carbocycles. The number of rotatable bonds is 4. The Balaban J connectivity index is 1.64. The van der Waals surface area contributed by atoms with E-state index in [0.29, 0.717) is 37.9 Å². The summed E-state index contributed by atoms with van der Waals surface area (Å²) in [6, 6.07) is 1.79. The smallest absolute Gasteiger partial charge is 0.247 e. The van der Waals surface area contributed by atoms with Crippen LogP contribution in [0, 0.1) is 0 Å². The van der Waals surface area contributed by atoms with Gasteiger partial charge in [-0.1, -0.05) is 13.8 Å². The standard InChI is InChI=1S/C15H19N3O4/c1-10(2)14-16-17-15(22-14)12-8-18(4-6-21-12)13(19)7-11-3-5-20-9-11/h3,5,9-10,12H,4,6-8H2,1-2H3/t12-/m0/s1. The molecule has 1 aliphatic rings. The third kappa shape index (κ3) is 3.19. The third-order valence-electron chi connectivity index (χ3n) is 3.58. The minimum absolute atomic E-state index is 0.0401. The molecule has 1 atom stereocenters. The molecular formula is C15H19N3O4.